The van der Waals surface area contributed by atoms with E-state index in [1.807, 2.05) is 0 Å². The Morgan fingerprint density at radius 1 is 1.38 bits per heavy atom. The van der Waals surface area contributed by atoms with Crippen LogP contribution in [0.15, 0.2) is 0 Å². The Labute approximate surface area is 81.2 Å². The van der Waals surface area contributed by atoms with Crippen molar-refractivity contribution in [2.45, 2.75) is 26.2 Å². The molecule has 4 heteroatoms. The van der Waals surface area contributed by atoms with Gasteiger partial charge in [0.15, 0.2) is 0 Å². The molecule has 0 unspecified atom stereocenters. The zero-order valence-corrected chi connectivity index (χ0v) is 9.18. The number of nitrogens with zero attached hydrogens (tertiary/aromatic N) is 1. The third kappa shape index (κ3) is 3.27. The molecule has 0 saturated carbocycles. The largest absolute Gasteiger partial charge is 0.213 e. The van der Waals surface area contributed by atoms with Gasteiger partial charge in [-0.3, -0.25) is 0 Å². The molecule has 0 spiro atoms. The lowest BCUT2D eigenvalue weighted by molar-refractivity contribution is 0.294. The Bertz CT molecular complexity index is 240. The minimum atomic E-state index is -2.94. The molecule has 0 bridgehead atoms. The van der Waals surface area contributed by atoms with Crippen molar-refractivity contribution >= 4 is 10.0 Å². The second-order valence-electron chi connectivity index (χ2n) is 3.64. The lowest BCUT2D eigenvalue weighted by Gasteiger charge is -2.29. The summed E-state index contributed by atoms with van der Waals surface area (Å²) in [4.78, 5) is 0. The van der Waals surface area contributed by atoms with Gasteiger partial charge in [0, 0.05) is 13.1 Å². The minimum Gasteiger partial charge on any atom is -0.213 e. The summed E-state index contributed by atoms with van der Waals surface area (Å²) >= 11 is 0. The van der Waals surface area contributed by atoms with Crippen LogP contribution in [0.2, 0.25) is 0 Å². The van der Waals surface area contributed by atoms with Gasteiger partial charge in [0.05, 0.1) is 6.26 Å². The molecule has 1 saturated heterocycles. The maximum atomic E-state index is 11.2. The van der Waals surface area contributed by atoms with Gasteiger partial charge in [-0.05, 0) is 25.2 Å². The molecule has 0 atom stereocenters. The SMILES string of the molecule is CC[CH]C1CCN(S(C)(=O)=O)CC1. The maximum absolute atomic E-state index is 11.2. The van der Waals surface area contributed by atoms with E-state index in [4.69, 9.17) is 0 Å². The van der Waals surface area contributed by atoms with Gasteiger partial charge >= 0.3 is 0 Å². The third-order valence-electron chi connectivity index (χ3n) is 2.54. The number of hydrogen-bond donors (Lipinski definition) is 0. The van der Waals surface area contributed by atoms with Crippen molar-refractivity contribution in [2.75, 3.05) is 19.3 Å². The van der Waals surface area contributed by atoms with Crippen LogP contribution in [-0.2, 0) is 10.0 Å². The Morgan fingerprint density at radius 2 is 1.92 bits per heavy atom. The lowest BCUT2D eigenvalue weighted by Crippen LogP contribution is -2.37. The number of piperidine rings is 1. The van der Waals surface area contributed by atoms with E-state index < -0.39 is 10.0 Å². The molecule has 77 valence electrons. The van der Waals surface area contributed by atoms with Crippen LogP contribution >= 0.6 is 0 Å². The predicted octanol–water partition coefficient (Wildman–Crippen LogP) is 1.27. The molecular weight excluding hydrogens is 186 g/mol. The molecule has 0 amide bonds. The van der Waals surface area contributed by atoms with Crippen molar-refractivity contribution in [1.82, 2.24) is 4.31 Å². The quantitative estimate of drug-likeness (QED) is 0.694. The van der Waals surface area contributed by atoms with E-state index in [2.05, 4.69) is 13.3 Å². The van der Waals surface area contributed by atoms with Crippen LogP contribution in [0.4, 0.5) is 0 Å². The second-order valence-corrected chi connectivity index (χ2v) is 5.63. The summed E-state index contributed by atoms with van der Waals surface area (Å²) < 4.78 is 23.9. The van der Waals surface area contributed by atoms with Gasteiger partial charge < -0.3 is 0 Å². The van der Waals surface area contributed by atoms with Crippen molar-refractivity contribution in [1.29, 1.82) is 0 Å². The molecule has 13 heavy (non-hydrogen) atoms. The maximum Gasteiger partial charge on any atom is 0.211 e. The zero-order chi connectivity index (χ0) is 9.90. The Hall–Kier alpha value is -0.0900. The van der Waals surface area contributed by atoms with Crippen LogP contribution < -0.4 is 0 Å². The van der Waals surface area contributed by atoms with E-state index in [9.17, 15) is 8.42 Å². The van der Waals surface area contributed by atoms with Gasteiger partial charge in [-0.15, -0.1) is 0 Å². The predicted molar refractivity (Wildman–Crippen MR) is 53.7 cm³/mol. The van der Waals surface area contributed by atoms with Crippen molar-refractivity contribution in [2.24, 2.45) is 5.92 Å². The number of sulfonamides is 1. The van der Waals surface area contributed by atoms with Gasteiger partial charge in [-0.25, -0.2) is 12.7 Å². The highest BCUT2D eigenvalue weighted by molar-refractivity contribution is 7.88. The van der Waals surface area contributed by atoms with Crippen molar-refractivity contribution in [3.8, 4) is 0 Å². The van der Waals surface area contributed by atoms with E-state index in [0.717, 1.165) is 19.3 Å². The monoisotopic (exact) mass is 204 g/mol. The summed E-state index contributed by atoms with van der Waals surface area (Å²) in [6.45, 7) is 3.52. The van der Waals surface area contributed by atoms with Crippen LogP contribution in [0.1, 0.15) is 26.2 Å². The fourth-order valence-corrected chi connectivity index (χ4v) is 2.65. The highest BCUT2D eigenvalue weighted by atomic mass is 32.2. The smallest absolute Gasteiger partial charge is 0.211 e. The molecule has 0 aliphatic carbocycles. The summed E-state index contributed by atoms with van der Waals surface area (Å²) in [5.41, 5.74) is 0. The fraction of sp³-hybridized carbons (Fsp3) is 0.889. The van der Waals surface area contributed by atoms with Gasteiger partial charge in [0.25, 0.3) is 0 Å². The summed E-state index contributed by atoms with van der Waals surface area (Å²) in [6.07, 6.45) is 6.64. The Morgan fingerprint density at radius 3 is 2.31 bits per heavy atom. The fourth-order valence-electron chi connectivity index (χ4n) is 1.78. The first-order valence-corrected chi connectivity index (χ1v) is 6.67. The summed E-state index contributed by atoms with van der Waals surface area (Å²) in [7, 11) is -2.94. The van der Waals surface area contributed by atoms with Crippen LogP contribution in [0.3, 0.4) is 0 Å². The lowest BCUT2D eigenvalue weighted by atomic mass is 9.94. The first kappa shape index (κ1) is 11.0. The molecule has 1 rings (SSSR count). The first-order valence-electron chi connectivity index (χ1n) is 4.82. The van der Waals surface area contributed by atoms with E-state index in [-0.39, 0.29) is 0 Å². The molecule has 0 aromatic heterocycles. The second kappa shape index (κ2) is 4.42. The first-order chi connectivity index (χ1) is 6.04. The summed E-state index contributed by atoms with van der Waals surface area (Å²) in [6, 6.07) is 0. The van der Waals surface area contributed by atoms with Crippen LogP contribution in [0.25, 0.3) is 0 Å². The Kier molecular flexibility index (Phi) is 3.74. The summed E-state index contributed by atoms with van der Waals surface area (Å²) in [5.74, 6) is 0.628. The normalized spacial score (nSPS) is 22.0. The van der Waals surface area contributed by atoms with Crippen molar-refractivity contribution in [3.05, 3.63) is 6.42 Å². The van der Waals surface area contributed by atoms with Gasteiger partial charge in [0.2, 0.25) is 10.0 Å². The average Bonchev–Trinajstić information content (AvgIpc) is 2.04. The molecule has 1 heterocycles. The van der Waals surface area contributed by atoms with Gasteiger partial charge in [0.1, 0.15) is 0 Å². The molecule has 1 fully saturated rings. The molecule has 3 nitrogen and oxygen atoms in total. The highest BCUT2D eigenvalue weighted by Crippen LogP contribution is 2.22. The Balaban J connectivity index is 2.39. The average molecular weight is 204 g/mol. The van der Waals surface area contributed by atoms with E-state index >= 15 is 0 Å². The molecule has 0 N–H and O–H groups in total. The molecule has 1 radical (unpaired) electrons. The number of rotatable bonds is 3. The molecule has 1 aliphatic heterocycles. The molecular formula is C9H18NO2S. The highest BCUT2D eigenvalue weighted by Gasteiger charge is 2.23. The third-order valence-corrected chi connectivity index (χ3v) is 3.84. The molecule has 0 aromatic carbocycles. The molecule has 1 aliphatic rings. The van der Waals surface area contributed by atoms with E-state index in [1.54, 1.807) is 4.31 Å². The number of hydrogen-bond acceptors (Lipinski definition) is 2. The van der Waals surface area contributed by atoms with Crippen LogP contribution in [-0.4, -0.2) is 32.1 Å². The molecule has 0 aromatic rings. The van der Waals surface area contributed by atoms with Crippen molar-refractivity contribution in [3.63, 3.8) is 0 Å². The minimum absolute atomic E-state index is 0.628. The van der Waals surface area contributed by atoms with Crippen LogP contribution in [0, 0.1) is 12.3 Å². The van der Waals surface area contributed by atoms with E-state index in [1.165, 1.54) is 6.26 Å². The van der Waals surface area contributed by atoms with Gasteiger partial charge in [-0.1, -0.05) is 13.3 Å². The standard InChI is InChI=1S/C9H18NO2S/c1-3-4-9-5-7-10(8-6-9)13(2,11)12/h4,9H,3,5-8H2,1-2H3. The van der Waals surface area contributed by atoms with Crippen LogP contribution in [0.5, 0.6) is 0 Å². The van der Waals surface area contributed by atoms with Gasteiger partial charge in [-0.2, -0.15) is 0 Å². The topological polar surface area (TPSA) is 37.4 Å². The zero-order valence-electron chi connectivity index (χ0n) is 8.36. The summed E-state index contributed by atoms with van der Waals surface area (Å²) in [5, 5.41) is 0. The van der Waals surface area contributed by atoms with E-state index in [0.29, 0.717) is 19.0 Å². The van der Waals surface area contributed by atoms with Crippen molar-refractivity contribution < 1.29 is 8.42 Å².